The zero-order valence-corrected chi connectivity index (χ0v) is 15.4. The van der Waals surface area contributed by atoms with Gasteiger partial charge in [-0.2, -0.15) is 5.26 Å². The van der Waals surface area contributed by atoms with Crippen molar-refractivity contribution in [1.82, 2.24) is 0 Å². The van der Waals surface area contributed by atoms with E-state index in [4.69, 9.17) is 0 Å². The molecule has 0 unspecified atom stereocenters. The van der Waals surface area contributed by atoms with Gasteiger partial charge in [0, 0.05) is 33.9 Å². The molecule has 0 aromatic heterocycles. The van der Waals surface area contributed by atoms with E-state index in [1.807, 2.05) is 51.3 Å². The molecule has 22 heavy (non-hydrogen) atoms. The molecule has 0 atom stereocenters. The molecule has 2 aromatic rings. The van der Waals surface area contributed by atoms with Crippen molar-refractivity contribution < 1.29 is 0 Å². The van der Waals surface area contributed by atoms with Gasteiger partial charge in [-0.05, 0) is 42.5 Å². The summed E-state index contributed by atoms with van der Waals surface area (Å²) in [5.41, 5.74) is 4.83. The van der Waals surface area contributed by atoms with E-state index in [2.05, 4.69) is 61.2 Å². The van der Waals surface area contributed by atoms with Gasteiger partial charge in [-0.25, -0.2) is 0 Å². The molecule has 4 nitrogen and oxygen atoms in total. The number of halogens is 1. The molecule has 0 saturated heterocycles. The van der Waals surface area contributed by atoms with Crippen LogP contribution in [0.4, 0.5) is 22.7 Å². The summed E-state index contributed by atoms with van der Waals surface area (Å²) in [6, 6.07) is 16.5. The number of hydrogen-bond acceptors (Lipinski definition) is 4. The summed E-state index contributed by atoms with van der Waals surface area (Å²) in [7, 11) is 7.93. The van der Waals surface area contributed by atoms with Crippen LogP contribution in [0.5, 0.6) is 0 Å². The monoisotopic (exact) mass is 406 g/mol. The minimum Gasteiger partial charge on any atom is -0.378 e. The lowest BCUT2D eigenvalue weighted by atomic mass is 10.1. The Morgan fingerprint density at radius 2 is 1.36 bits per heavy atom. The Labute approximate surface area is 146 Å². The second-order valence-corrected chi connectivity index (χ2v) is 6.36. The Balaban J connectivity index is 2.33. The molecule has 0 bridgehead atoms. The van der Waals surface area contributed by atoms with Crippen LogP contribution in [0.2, 0.25) is 0 Å². The van der Waals surface area contributed by atoms with Crippen molar-refractivity contribution >= 4 is 45.6 Å². The van der Waals surface area contributed by atoms with Gasteiger partial charge >= 0.3 is 0 Å². The first-order valence-electron chi connectivity index (χ1n) is 6.89. The lowest BCUT2D eigenvalue weighted by Crippen LogP contribution is -2.11. The van der Waals surface area contributed by atoms with Gasteiger partial charge in [0.25, 0.3) is 0 Å². The largest absolute Gasteiger partial charge is 0.378 e. The fourth-order valence-electron chi connectivity index (χ4n) is 2.16. The van der Waals surface area contributed by atoms with Crippen molar-refractivity contribution in [3.05, 3.63) is 48.0 Å². The zero-order valence-electron chi connectivity index (χ0n) is 13.2. The number of hydrogen-bond donors (Lipinski definition) is 0. The van der Waals surface area contributed by atoms with Crippen LogP contribution in [-0.4, -0.2) is 28.2 Å². The van der Waals surface area contributed by atoms with E-state index < -0.39 is 0 Å². The summed E-state index contributed by atoms with van der Waals surface area (Å²) in [6.45, 7) is 0. The lowest BCUT2D eigenvalue weighted by Gasteiger charge is -2.21. The minimum absolute atomic E-state index is 0.675. The third-order valence-electron chi connectivity index (χ3n) is 3.40. The molecule has 0 spiro atoms. The number of nitriles is 1. The molecule has 0 radical (unpaired) electrons. The maximum atomic E-state index is 9.34. The summed E-state index contributed by atoms with van der Waals surface area (Å²) in [5, 5.41) is 9.34. The first kappa shape index (κ1) is 16.4. The predicted molar refractivity (Wildman–Crippen MR) is 102 cm³/mol. The molecule has 2 aromatic carbocycles. The molecule has 5 heteroatoms. The van der Waals surface area contributed by atoms with Crippen LogP contribution in [0.15, 0.2) is 42.5 Å². The highest BCUT2D eigenvalue weighted by molar-refractivity contribution is 14.1. The zero-order chi connectivity index (χ0) is 16.3. The molecule has 0 heterocycles. The lowest BCUT2D eigenvalue weighted by molar-refractivity contribution is 1.12. The molecule has 0 aliphatic rings. The van der Waals surface area contributed by atoms with Crippen LogP contribution < -0.4 is 12.9 Å². The highest BCUT2D eigenvalue weighted by Crippen LogP contribution is 2.33. The average molecular weight is 406 g/mol. The van der Waals surface area contributed by atoms with Crippen LogP contribution in [0, 0.1) is 11.3 Å². The van der Waals surface area contributed by atoms with Crippen molar-refractivity contribution in [2.75, 3.05) is 41.1 Å². The van der Waals surface area contributed by atoms with Gasteiger partial charge in [0.1, 0.15) is 6.07 Å². The van der Waals surface area contributed by atoms with Crippen molar-refractivity contribution in [2.45, 2.75) is 0 Å². The second kappa shape index (κ2) is 6.88. The SMILES string of the molecule is CN(C)c1ccc(N(I)c2ccc(N(C)C)c(C#N)c2)cc1. The van der Waals surface area contributed by atoms with E-state index in [-0.39, 0.29) is 0 Å². The molecular weight excluding hydrogens is 387 g/mol. The smallest absolute Gasteiger partial charge is 0.101 e. The predicted octanol–water partition coefficient (Wildman–Crippen LogP) is 4.18. The molecule has 0 saturated carbocycles. The third kappa shape index (κ3) is 3.45. The van der Waals surface area contributed by atoms with E-state index >= 15 is 0 Å². The maximum Gasteiger partial charge on any atom is 0.101 e. The van der Waals surface area contributed by atoms with E-state index in [0.29, 0.717) is 5.56 Å². The average Bonchev–Trinajstić information content (AvgIpc) is 2.53. The standard InChI is InChI=1S/C17H19IN4/c1-20(2)14-5-7-15(8-6-14)22(18)16-9-10-17(21(3)4)13(11-16)12-19/h5-11H,1-4H3. The van der Waals surface area contributed by atoms with Crippen LogP contribution >= 0.6 is 22.9 Å². The number of nitrogens with zero attached hydrogens (tertiary/aromatic N) is 4. The molecule has 0 amide bonds. The first-order valence-corrected chi connectivity index (χ1v) is 7.85. The Morgan fingerprint density at radius 3 is 1.86 bits per heavy atom. The van der Waals surface area contributed by atoms with Gasteiger partial charge in [-0.3, -0.25) is 3.11 Å². The normalized spacial score (nSPS) is 10.0. The minimum atomic E-state index is 0.675. The van der Waals surface area contributed by atoms with Crippen LogP contribution in [0.25, 0.3) is 0 Å². The highest BCUT2D eigenvalue weighted by atomic mass is 127. The highest BCUT2D eigenvalue weighted by Gasteiger charge is 2.11. The second-order valence-electron chi connectivity index (χ2n) is 5.40. The maximum absolute atomic E-state index is 9.34. The van der Waals surface area contributed by atoms with Gasteiger partial charge in [0.05, 0.1) is 45.5 Å². The van der Waals surface area contributed by atoms with E-state index in [9.17, 15) is 5.26 Å². The molecule has 0 aliphatic carbocycles. The van der Waals surface area contributed by atoms with Crippen molar-refractivity contribution in [3.63, 3.8) is 0 Å². The van der Waals surface area contributed by atoms with Gasteiger partial charge in [0.2, 0.25) is 0 Å². The summed E-state index contributed by atoms with van der Waals surface area (Å²) in [6.07, 6.45) is 0. The van der Waals surface area contributed by atoms with Gasteiger partial charge < -0.3 is 9.80 Å². The quantitative estimate of drug-likeness (QED) is 0.564. The summed E-state index contributed by atoms with van der Waals surface area (Å²) < 4.78 is 2.05. The van der Waals surface area contributed by atoms with E-state index in [0.717, 1.165) is 22.7 Å². The van der Waals surface area contributed by atoms with Crippen molar-refractivity contribution in [3.8, 4) is 6.07 Å². The number of rotatable bonds is 4. The Hall–Kier alpha value is -1.94. The Kier molecular flexibility index (Phi) is 5.14. The van der Waals surface area contributed by atoms with Gasteiger partial charge in [-0.1, -0.05) is 0 Å². The third-order valence-corrected chi connectivity index (χ3v) is 4.52. The molecule has 0 fully saturated rings. The molecule has 2 rings (SSSR count). The van der Waals surface area contributed by atoms with E-state index in [1.54, 1.807) is 0 Å². The first-order chi connectivity index (χ1) is 10.4. The molecule has 114 valence electrons. The molecule has 0 N–H and O–H groups in total. The molecule has 0 aliphatic heterocycles. The van der Waals surface area contributed by atoms with Crippen LogP contribution in [0.3, 0.4) is 0 Å². The Bertz CT molecular complexity index is 687. The number of benzene rings is 2. The summed E-state index contributed by atoms with van der Waals surface area (Å²) in [5.74, 6) is 0. The number of anilines is 4. The van der Waals surface area contributed by atoms with Gasteiger partial charge in [-0.15, -0.1) is 0 Å². The van der Waals surface area contributed by atoms with Crippen molar-refractivity contribution in [1.29, 1.82) is 5.26 Å². The topological polar surface area (TPSA) is 33.5 Å². The van der Waals surface area contributed by atoms with Crippen LogP contribution in [0.1, 0.15) is 5.56 Å². The molecular formula is C17H19IN4. The fourth-order valence-corrected chi connectivity index (χ4v) is 2.78. The van der Waals surface area contributed by atoms with Gasteiger partial charge in [0.15, 0.2) is 0 Å². The Morgan fingerprint density at radius 1 is 0.818 bits per heavy atom. The van der Waals surface area contributed by atoms with Crippen LogP contribution in [-0.2, 0) is 0 Å². The summed E-state index contributed by atoms with van der Waals surface area (Å²) in [4.78, 5) is 4.02. The van der Waals surface area contributed by atoms with E-state index in [1.165, 1.54) is 0 Å². The summed E-state index contributed by atoms with van der Waals surface area (Å²) >= 11 is 2.26. The fraction of sp³-hybridized carbons (Fsp3) is 0.235. The van der Waals surface area contributed by atoms with Crippen molar-refractivity contribution in [2.24, 2.45) is 0 Å².